The number of Topliss-reactive ketones (excluding diaryl/α,β-unsaturated/α-hetero) is 2. The van der Waals surface area contributed by atoms with E-state index in [1.807, 2.05) is 114 Å². The maximum absolute atomic E-state index is 15.2. The van der Waals surface area contributed by atoms with Crippen LogP contribution in [0.25, 0.3) is 33.4 Å². The van der Waals surface area contributed by atoms with Crippen molar-refractivity contribution in [2.45, 2.75) is 238 Å². The molecule has 2 aromatic carbocycles. The van der Waals surface area contributed by atoms with Gasteiger partial charge >= 0.3 is 11.9 Å². The number of allylic oxidation sites excluding steroid dienone is 6. The third-order valence-corrected chi connectivity index (χ3v) is 24.7. The molecule has 1 aliphatic carbocycles. The molecule has 1 saturated carbocycles. The third kappa shape index (κ3) is 31.0. The van der Waals surface area contributed by atoms with Crippen molar-refractivity contribution in [2.75, 3.05) is 118 Å². The topological polar surface area (TPSA) is 463 Å². The summed E-state index contributed by atoms with van der Waals surface area (Å²) in [5.74, 6) is -8.22. The molecule has 0 spiro atoms. The number of ketones is 2. The van der Waals surface area contributed by atoms with Crippen molar-refractivity contribution in [1.29, 1.82) is 0 Å². The number of hydrogen-bond acceptors (Lipinski definition) is 31. The molecule has 2 saturated heterocycles. The molecule has 3 fully saturated rings. The number of benzene rings is 2. The second kappa shape index (κ2) is 52.9. The average molecular weight is 1830 g/mol. The number of cyclic esters (lactones) is 1. The lowest BCUT2D eigenvalue weighted by Crippen LogP contribution is -2.61. The molecule has 3 aliphatic heterocycles. The Bertz CT molecular complexity index is 4800. The highest BCUT2D eigenvalue weighted by molar-refractivity contribution is 6.39. The fourth-order valence-electron chi connectivity index (χ4n) is 17.1. The van der Waals surface area contributed by atoms with E-state index in [0.29, 0.717) is 181 Å². The van der Waals surface area contributed by atoms with Crippen LogP contribution in [0.3, 0.4) is 0 Å². The quantitative estimate of drug-likeness (QED) is 0.00684. The van der Waals surface area contributed by atoms with E-state index < -0.39 is 83.7 Å². The lowest BCUT2D eigenvalue weighted by molar-refractivity contribution is -0.265. The zero-order valence-corrected chi connectivity index (χ0v) is 77.5. The fraction of sp³-hybridized carbons (Fsp3) is 0.621. The van der Waals surface area contributed by atoms with Crippen LogP contribution in [0.4, 0.5) is 11.8 Å². The first kappa shape index (κ1) is 103. The molecule has 131 heavy (non-hydrogen) atoms. The van der Waals surface area contributed by atoms with Gasteiger partial charge in [0, 0.05) is 110 Å². The van der Waals surface area contributed by atoms with Crippen LogP contribution < -0.4 is 22.1 Å². The van der Waals surface area contributed by atoms with Crippen molar-refractivity contribution in [3.8, 4) is 11.3 Å². The Balaban J connectivity index is 0.624. The number of anilines is 2. The van der Waals surface area contributed by atoms with Gasteiger partial charge in [0.1, 0.15) is 66.6 Å². The number of unbranched alkanes of at least 4 members (excludes halogenated alkanes) is 1. The van der Waals surface area contributed by atoms with Crippen molar-refractivity contribution >= 4 is 80.9 Å². The number of nitrogens with two attached hydrogens (primary N) is 2. The first-order chi connectivity index (χ1) is 63.2. The van der Waals surface area contributed by atoms with E-state index >= 15 is 4.79 Å². The van der Waals surface area contributed by atoms with Crippen molar-refractivity contribution in [1.82, 2.24) is 55.3 Å². The molecule has 10 rings (SSSR count). The molecule has 0 unspecified atom stereocenters. The van der Waals surface area contributed by atoms with Crippen LogP contribution in [0.1, 0.15) is 181 Å². The highest BCUT2D eigenvalue weighted by atomic mass is 16.6. The first-order valence-corrected chi connectivity index (χ1v) is 46.1. The van der Waals surface area contributed by atoms with Crippen molar-refractivity contribution < 1.29 is 105 Å². The minimum atomic E-state index is -2.49. The van der Waals surface area contributed by atoms with Crippen LogP contribution in [0, 0.1) is 35.5 Å². The molecule has 3 amide bonds. The predicted molar refractivity (Wildman–Crippen MR) is 487 cm³/mol. The van der Waals surface area contributed by atoms with Gasteiger partial charge in [0.05, 0.1) is 101 Å². The number of esters is 2. The Morgan fingerprint density at radius 1 is 0.748 bits per heavy atom. The normalized spacial score (nSPS) is 26.2. The molecule has 4 aliphatic rings. The summed E-state index contributed by atoms with van der Waals surface area (Å²) >= 11 is 0. The van der Waals surface area contributed by atoms with E-state index in [1.165, 1.54) is 18.3 Å². The molecule has 4 aromatic heterocycles. The number of aromatic nitrogens is 8. The number of aliphatic hydroxyl groups excluding tert-OH is 1. The number of methoxy groups -OCH3 is 3. The number of hydrogen-bond donors (Lipinski definition) is 6. The monoisotopic (exact) mass is 1820 g/mol. The van der Waals surface area contributed by atoms with Gasteiger partial charge in [-0.15, -0.1) is 5.10 Å². The summed E-state index contributed by atoms with van der Waals surface area (Å²) in [6, 6.07) is 13.6. The number of aliphatic hydroxyl groups is 2. The van der Waals surface area contributed by atoms with Gasteiger partial charge in [0.15, 0.2) is 17.0 Å². The zero-order chi connectivity index (χ0) is 93.8. The van der Waals surface area contributed by atoms with Gasteiger partial charge in [-0.1, -0.05) is 112 Å². The van der Waals surface area contributed by atoms with E-state index in [4.69, 9.17) is 83.1 Å². The molecular formula is C95H136N14O22. The average Bonchev–Trinajstić information content (AvgIpc) is 1.55. The van der Waals surface area contributed by atoms with Gasteiger partial charge in [0.2, 0.25) is 17.6 Å². The van der Waals surface area contributed by atoms with Gasteiger partial charge in [-0.05, 0) is 150 Å². The van der Waals surface area contributed by atoms with Gasteiger partial charge in [-0.2, -0.15) is 10.1 Å². The SMILES string of the molecule is CO[C@H]1C[C@@H]2CC[C@@H](C)[C@@](O)(O2)C(=O)C(=O)N2CCCC[C@H]2C(=O)O[C@H]([C@H](C)C[C@@H]2CC[C@H](n3cc(COC(=O)CCCOCCOCCOCCC(=O)NCCOCCOCCC(=O)NCCCCn4nc(-c5ccc6oc(N)nc6c5)c5c(N)ncnc54)nn3)[C@H](OC)C2)C/C(=N/OCc2ccccc2)[C@H](C)/C=C(\C)[C@@H](O)[C@@H](OC)C(=O)[C@H](C)C[C@H](C)/C=C/C=C/C=C/1C. The molecule has 0 radical (unpaired) electrons. The van der Waals surface area contributed by atoms with E-state index in [9.17, 15) is 39.0 Å². The number of amides is 3. The highest BCUT2D eigenvalue weighted by Gasteiger charge is 2.53. The molecule has 8 N–H and O–H groups in total. The summed E-state index contributed by atoms with van der Waals surface area (Å²) < 4.78 is 73.5. The molecule has 15 atom stereocenters. The lowest BCUT2D eigenvalue weighted by atomic mass is 9.77. The molecule has 2 bridgehead atoms. The molecule has 718 valence electrons. The van der Waals surface area contributed by atoms with Crippen LogP contribution in [0.2, 0.25) is 0 Å². The number of oxazole rings is 1. The molecule has 7 heterocycles. The van der Waals surface area contributed by atoms with Crippen molar-refractivity contribution in [2.24, 2.45) is 40.7 Å². The summed E-state index contributed by atoms with van der Waals surface area (Å²) in [5.41, 5.74) is 18.3. The van der Waals surface area contributed by atoms with Crippen molar-refractivity contribution in [3.63, 3.8) is 0 Å². The summed E-state index contributed by atoms with van der Waals surface area (Å²) in [5, 5.41) is 49.1. The highest BCUT2D eigenvalue weighted by Crippen LogP contribution is 2.41. The van der Waals surface area contributed by atoms with Gasteiger partial charge in [-0.3, -0.25) is 28.8 Å². The summed E-state index contributed by atoms with van der Waals surface area (Å²) in [6.07, 6.45) is 17.5. The minimum Gasteiger partial charge on any atom is -0.460 e. The Labute approximate surface area is 766 Å². The predicted octanol–water partition coefficient (Wildman–Crippen LogP) is 10.2. The lowest BCUT2D eigenvalue weighted by Gasteiger charge is -2.42. The van der Waals surface area contributed by atoms with Gasteiger partial charge < -0.3 is 98.6 Å². The van der Waals surface area contributed by atoms with E-state index in [0.717, 1.165) is 29.5 Å². The number of nitrogens with zero attached hydrogens (tertiary/aromatic N) is 10. The molecule has 6 aromatic rings. The minimum absolute atomic E-state index is 0.0182. The number of nitrogen functional groups attached to an aromatic ring is 2. The maximum Gasteiger partial charge on any atom is 0.329 e. The number of piperidine rings is 1. The maximum atomic E-state index is 15.2. The van der Waals surface area contributed by atoms with E-state index in [-0.39, 0.29) is 132 Å². The van der Waals surface area contributed by atoms with E-state index in [1.54, 1.807) is 49.7 Å². The standard InChI is InChI=1S/C95H136N14O22/c1-61-22-13-11-14-23-62(2)78(119-8)55-72-31-28-67(7)95(118,131-72)89(115)92(116)107-38-19-17-26-76(107)93(117)129-79(56-73(105-128-58-68-24-15-12-16-25-68)63(3)51-66(6)87(114)88(121-10)86(113)65(5)50-61)64(4)52-69-29-32-75(80(53-69)120-9)109-57-71(103-106-109)59-127-83(112)27-21-40-122-44-48-126-49-46-124-42-35-82(111)99-37-43-125-47-45-123-41-34-81(110)98-36-18-20-39-108-91-84(90(96)100-60-101-91)85(104-108)70-30-33-77-74(54-70)102-94(97)130-77/h11-16,22-25,30,33,51,54,57,60-61,63-65,67,69,72,75-76,78-80,87-88,114,118H,17-21,26-29,31-32,34-50,52-53,55-56,58-59H2,1-10H3,(H2,97,102)(H,98,110)(H,99,111)(H2,96,100,101)/b14-11+,22-13+,62-23+,66-51+,105-73-/t61-,63-,64-,65-,67-,69+,72+,75+,76+,78+,79+,80-,87-,88+,95-/m1/s1. The molecule has 36 nitrogen and oxygen atoms in total. The number of ether oxygens (including phenoxy) is 11. The number of rotatable bonds is 40. The third-order valence-electron chi connectivity index (χ3n) is 24.7. The first-order valence-electron chi connectivity index (χ1n) is 46.1. The number of carbonyl (C=O) groups excluding carboxylic acids is 7. The molecular weight excluding hydrogens is 1690 g/mol. The zero-order valence-electron chi connectivity index (χ0n) is 77.5. The number of fused-ring (bicyclic) bond motifs is 5. The number of oxime groups is 1. The number of aryl methyl sites for hydroxylation is 1. The second-order valence-electron chi connectivity index (χ2n) is 34.7. The van der Waals surface area contributed by atoms with Crippen LogP contribution in [-0.2, 0) is 110 Å². The second-order valence-corrected chi connectivity index (χ2v) is 34.7. The van der Waals surface area contributed by atoms with Gasteiger partial charge in [0.25, 0.3) is 17.7 Å². The van der Waals surface area contributed by atoms with Crippen LogP contribution in [0.15, 0.2) is 118 Å². The largest absolute Gasteiger partial charge is 0.460 e. The summed E-state index contributed by atoms with van der Waals surface area (Å²) in [4.78, 5) is 117. The Morgan fingerprint density at radius 3 is 2.21 bits per heavy atom. The Hall–Kier alpha value is -10.1. The van der Waals surface area contributed by atoms with Crippen LogP contribution >= 0.6 is 0 Å². The fourth-order valence-corrected chi connectivity index (χ4v) is 17.1. The summed E-state index contributed by atoms with van der Waals surface area (Å²) in [7, 11) is 4.64. The Kier molecular flexibility index (Phi) is 41.6. The smallest absolute Gasteiger partial charge is 0.329 e. The van der Waals surface area contributed by atoms with Crippen LogP contribution in [-0.4, -0.2) is 257 Å². The van der Waals surface area contributed by atoms with Crippen LogP contribution in [0.5, 0.6) is 0 Å². The molecule has 36 heteroatoms. The van der Waals surface area contributed by atoms with Gasteiger partial charge in [-0.25, -0.2) is 24.1 Å². The number of nitrogens with one attached hydrogen (secondary N) is 2. The van der Waals surface area contributed by atoms with E-state index in [2.05, 4.69) is 35.9 Å². The Morgan fingerprint density at radius 2 is 1.47 bits per heavy atom. The number of carbonyl (C=O) groups is 7. The summed E-state index contributed by atoms with van der Waals surface area (Å²) in [6.45, 7) is 17.4. The van der Waals surface area contributed by atoms with Crippen molar-refractivity contribution in [3.05, 3.63) is 120 Å².